The van der Waals surface area contributed by atoms with Gasteiger partial charge in [0.25, 0.3) is 5.91 Å². The molecule has 6 nitrogen and oxygen atoms in total. The second-order valence-electron chi connectivity index (χ2n) is 6.07. The Morgan fingerprint density at radius 1 is 1.19 bits per heavy atom. The zero-order valence-electron chi connectivity index (χ0n) is 15.2. The van der Waals surface area contributed by atoms with Crippen molar-refractivity contribution in [2.24, 2.45) is 0 Å². The third-order valence-electron chi connectivity index (χ3n) is 4.31. The van der Waals surface area contributed by atoms with Gasteiger partial charge in [0.2, 0.25) is 0 Å². The molecule has 0 spiro atoms. The van der Waals surface area contributed by atoms with Crippen LogP contribution in [-0.2, 0) is 0 Å². The van der Waals surface area contributed by atoms with Crippen molar-refractivity contribution in [3.8, 4) is 16.9 Å². The lowest BCUT2D eigenvalue weighted by Crippen LogP contribution is -2.26. The molecule has 0 aliphatic rings. The molecule has 3 rings (SSSR count). The maximum atomic E-state index is 12.3. The predicted molar refractivity (Wildman–Crippen MR) is 103 cm³/mol. The van der Waals surface area contributed by atoms with Gasteiger partial charge in [0, 0.05) is 23.1 Å². The van der Waals surface area contributed by atoms with Crippen molar-refractivity contribution < 1.29 is 9.53 Å². The van der Waals surface area contributed by atoms with Crippen molar-refractivity contribution in [1.82, 2.24) is 15.5 Å². The van der Waals surface area contributed by atoms with E-state index in [1.54, 1.807) is 7.11 Å². The monoisotopic (exact) mass is 350 g/mol. The molecule has 134 valence electrons. The van der Waals surface area contributed by atoms with E-state index < -0.39 is 0 Å². The van der Waals surface area contributed by atoms with Crippen molar-refractivity contribution in [3.05, 3.63) is 47.7 Å². The molecule has 26 heavy (non-hydrogen) atoms. The summed E-state index contributed by atoms with van der Waals surface area (Å²) in [4.78, 5) is 12.3. The Kier molecular flexibility index (Phi) is 5.02. The van der Waals surface area contributed by atoms with Crippen molar-refractivity contribution >= 4 is 22.5 Å². The number of carbonyl (C=O) groups excluding carboxylic acids is 1. The lowest BCUT2D eigenvalue weighted by molar-refractivity contribution is 0.0949. The van der Waals surface area contributed by atoms with E-state index in [1.807, 2.05) is 50.2 Å². The Morgan fingerprint density at radius 2 is 1.96 bits per heavy atom. The van der Waals surface area contributed by atoms with E-state index in [1.165, 1.54) is 0 Å². The second-order valence-corrected chi connectivity index (χ2v) is 6.07. The minimum absolute atomic E-state index is 0.153. The molecule has 0 saturated carbocycles. The summed E-state index contributed by atoms with van der Waals surface area (Å²) in [6.45, 7) is 4.57. The van der Waals surface area contributed by atoms with Gasteiger partial charge in [0.1, 0.15) is 11.3 Å². The number of nitrogen functional groups attached to an aromatic ring is 1. The first-order chi connectivity index (χ1) is 12.6. The van der Waals surface area contributed by atoms with E-state index in [0.717, 1.165) is 28.9 Å². The number of amides is 1. The number of methoxy groups -OCH3 is 1. The highest BCUT2D eigenvalue weighted by Gasteiger charge is 2.19. The molecule has 0 fully saturated rings. The summed E-state index contributed by atoms with van der Waals surface area (Å²) in [6.07, 6.45) is 0.837. The highest BCUT2D eigenvalue weighted by Crippen LogP contribution is 2.37. The van der Waals surface area contributed by atoms with Crippen LogP contribution in [0.15, 0.2) is 36.4 Å². The lowest BCUT2D eigenvalue weighted by Gasteiger charge is -2.14. The molecule has 0 saturated heterocycles. The zero-order chi connectivity index (χ0) is 18.7. The number of hydrogen-bond donors (Lipinski definition) is 2. The van der Waals surface area contributed by atoms with Gasteiger partial charge in [0.05, 0.1) is 12.8 Å². The standard InChI is InChI=1S/C20H22N4O2/c1-4-11-22-20(25)19-17(21)14-9-6-8-13(18(14)23-24-19)16-12(2)7-5-10-15(16)26-3/h5-10H,4,11H2,1-3H3,(H2,21,23)(H,22,25). The minimum Gasteiger partial charge on any atom is -0.496 e. The number of anilines is 1. The van der Waals surface area contributed by atoms with Crippen LogP contribution in [-0.4, -0.2) is 29.8 Å². The van der Waals surface area contributed by atoms with E-state index in [9.17, 15) is 4.79 Å². The zero-order valence-corrected chi connectivity index (χ0v) is 15.2. The molecule has 1 heterocycles. The van der Waals surface area contributed by atoms with Gasteiger partial charge in [-0.15, -0.1) is 10.2 Å². The average Bonchev–Trinajstić information content (AvgIpc) is 2.66. The molecule has 3 N–H and O–H groups in total. The first kappa shape index (κ1) is 17.7. The summed E-state index contributed by atoms with van der Waals surface area (Å²) in [5.41, 5.74) is 10.3. The molecule has 0 bridgehead atoms. The molecule has 0 atom stereocenters. The summed E-state index contributed by atoms with van der Waals surface area (Å²) < 4.78 is 5.52. The van der Waals surface area contributed by atoms with Crippen LogP contribution < -0.4 is 15.8 Å². The fourth-order valence-corrected chi connectivity index (χ4v) is 3.00. The van der Waals surface area contributed by atoms with Crippen LogP contribution in [0.25, 0.3) is 22.0 Å². The Labute approximate surface area is 152 Å². The van der Waals surface area contributed by atoms with Gasteiger partial charge in [-0.3, -0.25) is 4.79 Å². The van der Waals surface area contributed by atoms with Crippen molar-refractivity contribution in [3.63, 3.8) is 0 Å². The third-order valence-corrected chi connectivity index (χ3v) is 4.31. The van der Waals surface area contributed by atoms with Gasteiger partial charge in [-0.2, -0.15) is 0 Å². The normalized spacial score (nSPS) is 10.7. The van der Waals surface area contributed by atoms with Gasteiger partial charge in [-0.25, -0.2) is 0 Å². The lowest BCUT2D eigenvalue weighted by atomic mass is 9.96. The number of rotatable bonds is 5. The fourth-order valence-electron chi connectivity index (χ4n) is 3.00. The maximum Gasteiger partial charge on any atom is 0.273 e. The Hall–Kier alpha value is -3.15. The smallest absolute Gasteiger partial charge is 0.273 e. The molecule has 1 amide bonds. The average molecular weight is 350 g/mol. The summed E-state index contributed by atoms with van der Waals surface area (Å²) in [5.74, 6) is 0.445. The third kappa shape index (κ3) is 3.06. The number of nitrogens with one attached hydrogen (secondary N) is 1. The van der Waals surface area contributed by atoms with E-state index in [2.05, 4.69) is 15.5 Å². The Morgan fingerprint density at radius 3 is 2.69 bits per heavy atom. The summed E-state index contributed by atoms with van der Waals surface area (Å²) in [5, 5.41) is 11.9. The molecule has 3 aromatic rings. The van der Waals surface area contributed by atoms with Gasteiger partial charge in [-0.05, 0) is 25.0 Å². The molecular formula is C20H22N4O2. The van der Waals surface area contributed by atoms with Crippen LogP contribution in [0, 0.1) is 6.92 Å². The van der Waals surface area contributed by atoms with Crippen LogP contribution >= 0.6 is 0 Å². The number of ether oxygens (including phenoxy) is 1. The number of carbonyl (C=O) groups is 1. The van der Waals surface area contributed by atoms with E-state index >= 15 is 0 Å². The van der Waals surface area contributed by atoms with Crippen LogP contribution in [0.5, 0.6) is 5.75 Å². The first-order valence-corrected chi connectivity index (χ1v) is 8.55. The molecule has 2 aromatic carbocycles. The first-order valence-electron chi connectivity index (χ1n) is 8.55. The number of aromatic nitrogens is 2. The fraction of sp³-hybridized carbons (Fsp3) is 0.250. The van der Waals surface area contributed by atoms with Crippen LogP contribution in [0.3, 0.4) is 0 Å². The highest BCUT2D eigenvalue weighted by atomic mass is 16.5. The molecular weight excluding hydrogens is 328 g/mol. The number of nitrogens with zero attached hydrogens (tertiary/aromatic N) is 2. The Balaban J connectivity index is 2.19. The topological polar surface area (TPSA) is 90.1 Å². The number of benzene rings is 2. The van der Waals surface area contributed by atoms with Gasteiger partial charge < -0.3 is 15.8 Å². The van der Waals surface area contributed by atoms with Gasteiger partial charge in [0.15, 0.2) is 5.69 Å². The van der Waals surface area contributed by atoms with E-state index in [-0.39, 0.29) is 11.6 Å². The van der Waals surface area contributed by atoms with Crippen molar-refractivity contribution in [2.45, 2.75) is 20.3 Å². The Bertz CT molecular complexity index is 969. The number of nitrogens with two attached hydrogens (primary N) is 1. The van der Waals surface area contributed by atoms with E-state index in [0.29, 0.717) is 23.1 Å². The van der Waals surface area contributed by atoms with Crippen molar-refractivity contribution in [2.75, 3.05) is 19.4 Å². The molecule has 0 aliphatic heterocycles. The quantitative estimate of drug-likeness (QED) is 0.736. The molecule has 0 aliphatic carbocycles. The molecule has 6 heteroatoms. The van der Waals surface area contributed by atoms with Crippen molar-refractivity contribution in [1.29, 1.82) is 0 Å². The van der Waals surface area contributed by atoms with Crippen LogP contribution in [0.1, 0.15) is 29.4 Å². The molecule has 0 unspecified atom stereocenters. The van der Waals surface area contributed by atoms with Gasteiger partial charge in [-0.1, -0.05) is 37.3 Å². The minimum atomic E-state index is -0.308. The van der Waals surface area contributed by atoms with E-state index in [4.69, 9.17) is 10.5 Å². The molecule has 0 radical (unpaired) electrons. The summed E-state index contributed by atoms with van der Waals surface area (Å²) >= 11 is 0. The maximum absolute atomic E-state index is 12.3. The summed E-state index contributed by atoms with van der Waals surface area (Å²) in [6, 6.07) is 11.6. The summed E-state index contributed by atoms with van der Waals surface area (Å²) in [7, 11) is 1.64. The predicted octanol–water partition coefficient (Wildman–Crippen LogP) is 3.34. The van der Waals surface area contributed by atoms with Gasteiger partial charge >= 0.3 is 0 Å². The highest BCUT2D eigenvalue weighted by molar-refractivity contribution is 6.08. The SMILES string of the molecule is CCCNC(=O)c1nnc2c(-c3c(C)cccc3OC)cccc2c1N. The number of aryl methyl sites for hydroxylation is 1. The van der Waals surface area contributed by atoms with Crippen LogP contribution in [0.2, 0.25) is 0 Å². The van der Waals surface area contributed by atoms with Crippen LogP contribution in [0.4, 0.5) is 5.69 Å². The number of hydrogen-bond acceptors (Lipinski definition) is 5. The molecule has 1 aromatic heterocycles. The largest absolute Gasteiger partial charge is 0.496 e. The number of fused-ring (bicyclic) bond motifs is 1. The second kappa shape index (κ2) is 7.39.